The van der Waals surface area contributed by atoms with Gasteiger partial charge in [0, 0.05) is 23.4 Å². The van der Waals surface area contributed by atoms with Crippen LogP contribution >= 0.6 is 11.8 Å². The van der Waals surface area contributed by atoms with Crippen LogP contribution in [0.4, 0.5) is 0 Å². The predicted molar refractivity (Wildman–Crippen MR) is 107 cm³/mol. The van der Waals surface area contributed by atoms with E-state index in [-0.39, 0.29) is 36.7 Å². The first kappa shape index (κ1) is 21.1. The highest BCUT2D eigenvalue weighted by Crippen LogP contribution is 2.30. The van der Waals surface area contributed by atoms with E-state index in [1.54, 1.807) is 43.8 Å². The maximum Gasteiger partial charge on any atom is 0.316 e. The van der Waals surface area contributed by atoms with Gasteiger partial charge in [-0.1, -0.05) is 6.07 Å². The van der Waals surface area contributed by atoms with Crippen molar-refractivity contribution in [2.24, 2.45) is 5.73 Å². The van der Waals surface area contributed by atoms with Crippen molar-refractivity contribution in [3.63, 3.8) is 0 Å². The number of thioether (sulfide) groups is 1. The molecule has 1 radical (unpaired) electrons. The largest absolute Gasteiger partial charge is 0.497 e. The van der Waals surface area contributed by atoms with E-state index >= 15 is 0 Å². The van der Waals surface area contributed by atoms with Crippen molar-refractivity contribution < 1.29 is 23.7 Å². The lowest BCUT2D eigenvalue weighted by Gasteiger charge is -2.12. The third-order valence-electron chi connectivity index (χ3n) is 3.54. The van der Waals surface area contributed by atoms with Crippen LogP contribution in [0.15, 0.2) is 41.6 Å². The number of nitrogens with two attached hydrogens (primary N) is 1. The third-order valence-corrected chi connectivity index (χ3v) is 4.22. The molecule has 0 fully saturated rings. The van der Waals surface area contributed by atoms with Gasteiger partial charge in [-0.15, -0.1) is 11.8 Å². The molecule has 0 spiro atoms. The number of ether oxygens (including phenoxy) is 4. The van der Waals surface area contributed by atoms with E-state index in [2.05, 4.69) is 26.1 Å². The molecule has 1 aromatic carbocycles. The molecule has 2 aromatic heterocycles. The monoisotopic (exact) mass is 428 g/mol. The molecule has 10 nitrogen and oxygen atoms in total. The lowest BCUT2D eigenvalue weighted by Crippen LogP contribution is -2.17. The Morgan fingerprint density at radius 1 is 1.17 bits per heavy atom. The second kappa shape index (κ2) is 10.3. The minimum absolute atomic E-state index is 0.0103. The van der Waals surface area contributed by atoms with E-state index in [0.29, 0.717) is 11.5 Å². The molecule has 0 unspecified atom stereocenters. The van der Waals surface area contributed by atoms with Gasteiger partial charge in [0.05, 0.1) is 7.11 Å². The molecule has 1 amide bonds. The number of methoxy groups -OCH3 is 1. The zero-order valence-corrected chi connectivity index (χ0v) is 17.0. The van der Waals surface area contributed by atoms with Crippen molar-refractivity contribution in [3.8, 4) is 29.1 Å². The van der Waals surface area contributed by atoms with E-state index in [0.717, 1.165) is 4.90 Å². The van der Waals surface area contributed by atoms with Gasteiger partial charge in [0.1, 0.15) is 30.9 Å². The summed E-state index contributed by atoms with van der Waals surface area (Å²) in [7, 11) is 1.54. The summed E-state index contributed by atoms with van der Waals surface area (Å²) < 4.78 is 21.9. The number of hydrogen-bond donors (Lipinski definition) is 1. The van der Waals surface area contributed by atoms with Crippen LogP contribution in [-0.2, 0) is 0 Å². The van der Waals surface area contributed by atoms with E-state index < -0.39 is 5.91 Å². The topological polar surface area (TPSA) is 132 Å². The fourth-order valence-corrected chi connectivity index (χ4v) is 2.45. The van der Waals surface area contributed by atoms with Crippen molar-refractivity contribution in [3.05, 3.63) is 48.7 Å². The van der Waals surface area contributed by atoms with Crippen LogP contribution in [0, 0.1) is 6.20 Å². The second-order valence-electron chi connectivity index (χ2n) is 5.54. The summed E-state index contributed by atoms with van der Waals surface area (Å²) in [6.45, 7) is 0.207. The van der Waals surface area contributed by atoms with Gasteiger partial charge in [-0.05, 0) is 18.4 Å². The number of hydrogen-bond acceptors (Lipinski definition) is 10. The van der Waals surface area contributed by atoms with Gasteiger partial charge in [-0.25, -0.2) is 15.0 Å². The minimum atomic E-state index is -0.817. The number of nitrogens with zero attached hydrogens (tertiary/aromatic N) is 4. The van der Waals surface area contributed by atoms with Crippen molar-refractivity contribution >= 4 is 17.7 Å². The Bertz CT molecular complexity index is 1000. The van der Waals surface area contributed by atoms with Crippen LogP contribution in [-0.4, -0.2) is 52.4 Å². The molecular weight excluding hydrogens is 410 g/mol. The molecule has 30 heavy (non-hydrogen) atoms. The quantitative estimate of drug-likeness (QED) is 0.378. The van der Waals surface area contributed by atoms with Crippen LogP contribution in [0.25, 0.3) is 0 Å². The second-order valence-corrected chi connectivity index (χ2v) is 6.42. The van der Waals surface area contributed by atoms with Crippen molar-refractivity contribution in [1.29, 1.82) is 0 Å². The molecule has 0 saturated carbocycles. The average molecular weight is 428 g/mol. The van der Waals surface area contributed by atoms with Crippen LogP contribution in [0.5, 0.6) is 29.1 Å². The number of rotatable bonds is 10. The van der Waals surface area contributed by atoms with E-state index in [9.17, 15) is 4.79 Å². The summed E-state index contributed by atoms with van der Waals surface area (Å²) in [6, 6.07) is 7.12. The van der Waals surface area contributed by atoms with Crippen molar-refractivity contribution in [2.75, 3.05) is 26.6 Å². The lowest BCUT2D eigenvalue weighted by atomic mass is 10.3. The maximum atomic E-state index is 11.4. The van der Waals surface area contributed by atoms with Gasteiger partial charge in [0.2, 0.25) is 11.6 Å². The van der Waals surface area contributed by atoms with Gasteiger partial charge in [-0.2, -0.15) is 4.98 Å². The van der Waals surface area contributed by atoms with Gasteiger partial charge in [0.25, 0.3) is 11.8 Å². The fourth-order valence-electron chi connectivity index (χ4n) is 2.14. The molecule has 0 aliphatic rings. The van der Waals surface area contributed by atoms with E-state index in [1.807, 2.05) is 6.26 Å². The molecule has 0 bridgehead atoms. The number of benzene rings is 1. The van der Waals surface area contributed by atoms with E-state index in [1.165, 1.54) is 11.8 Å². The average Bonchev–Trinajstić information content (AvgIpc) is 2.78. The molecule has 3 rings (SSSR count). The molecule has 0 saturated heterocycles. The van der Waals surface area contributed by atoms with Gasteiger partial charge in [0.15, 0.2) is 0 Å². The Balaban J connectivity index is 1.67. The van der Waals surface area contributed by atoms with E-state index in [4.69, 9.17) is 24.7 Å². The first-order valence-corrected chi connectivity index (χ1v) is 9.84. The number of primary amides is 1. The zero-order chi connectivity index (χ0) is 21.3. The molecule has 11 heteroatoms. The van der Waals surface area contributed by atoms with Crippen LogP contribution in [0.2, 0.25) is 0 Å². The smallest absolute Gasteiger partial charge is 0.316 e. The summed E-state index contributed by atoms with van der Waals surface area (Å²) in [5, 5.41) is 0. The fraction of sp³-hybridized carbons (Fsp3) is 0.211. The Morgan fingerprint density at radius 3 is 2.60 bits per heavy atom. The van der Waals surface area contributed by atoms with Crippen molar-refractivity contribution in [2.45, 2.75) is 4.90 Å². The van der Waals surface area contributed by atoms with Gasteiger partial charge >= 0.3 is 6.01 Å². The predicted octanol–water partition coefficient (Wildman–Crippen LogP) is 2.15. The Labute approximate surface area is 176 Å². The molecule has 0 atom stereocenters. The SMILES string of the molecule is COc1cccc(Oc2[c]nc(C(N)=O)nc2OCCOc2ncc(SC)cn2)c1. The summed E-state index contributed by atoms with van der Waals surface area (Å²) in [5.74, 6) is 0.0510. The minimum Gasteiger partial charge on any atom is -0.497 e. The number of aromatic nitrogens is 4. The third kappa shape index (κ3) is 5.70. The number of carbonyl (C=O) groups excluding carboxylic acids is 1. The Kier molecular flexibility index (Phi) is 7.22. The first-order valence-electron chi connectivity index (χ1n) is 8.62. The molecule has 3 aromatic rings. The summed E-state index contributed by atoms with van der Waals surface area (Å²) in [5.41, 5.74) is 5.24. The molecule has 0 aliphatic carbocycles. The summed E-state index contributed by atoms with van der Waals surface area (Å²) >= 11 is 1.53. The molecule has 2 N–H and O–H groups in total. The number of amides is 1. The highest BCUT2D eigenvalue weighted by molar-refractivity contribution is 7.98. The Hall–Kier alpha value is -3.60. The highest BCUT2D eigenvalue weighted by atomic mass is 32.2. The van der Waals surface area contributed by atoms with Gasteiger partial charge in [-0.3, -0.25) is 4.79 Å². The standard InChI is InChI=1S/C19H18N5O5S/c1-26-12-4-3-5-13(8-12)29-15-11-21-17(16(20)25)24-18(15)27-6-7-28-19-22-9-14(30-2)10-23-19/h3-5,8-10H,6-7H2,1-2H3,(H2,20,25). The van der Waals surface area contributed by atoms with Crippen molar-refractivity contribution in [1.82, 2.24) is 19.9 Å². The molecule has 0 aliphatic heterocycles. The van der Waals surface area contributed by atoms with Crippen LogP contribution in [0.3, 0.4) is 0 Å². The Morgan fingerprint density at radius 2 is 1.90 bits per heavy atom. The number of carbonyl (C=O) groups is 1. The summed E-state index contributed by atoms with van der Waals surface area (Å²) in [4.78, 5) is 28.2. The van der Waals surface area contributed by atoms with Gasteiger partial charge < -0.3 is 24.7 Å². The van der Waals surface area contributed by atoms with Crippen LogP contribution in [0.1, 0.15) is 10.6 Å². The maximum absolute atomic E-state index is 11.4. The highest BCUT2D eigenvalue weighted by Gasteiger charge is 2.15. The molecular formula is C19H18N5O5S. The normalized spacial score (nSPS) is 10.3. The molecule has 2 heterocycles. The summed E-state index contributed by atoms with van der Waals surface area (Å²) in [6.07, 6.45) is 7.82. The van der Waals surface area contributed by atoms with Crippen LogP contribution < -0.4 is 24.7 Å². The lowest BCUT2D eigenvalue weighted by molar-refractivity contribution is 0.0988. The molecule has 155 valence electrons. The first-order chi connectivity index (χ1) is 14.6. The zero-order valence-electron chi connectivity index (χ0n) is 16.2.